The number of piperidine rings is 1. The van der Waals surface area contributed by atoms with Gasteiger partial charge in [0.25, 0.3) is 5.56 Å². The summed E-state index contributed by atoms with van der Waals surface area (Å²) in [7, 11) is 1.60. The second-order valence-corrected chi connectivity index (χ2v) is 11.0. The molecule has 38 heavy (non-hydrogen) atoms. The lowest BCUT2D eigenvalue weighted by molar-refractivity contribution is -0.152. The lowest BCUT2D eigenvalue weighted by Gasteiger charge is -2.48. The van der Waals surface area contributed by atoms with Crippen molar-refractivity contribution in [3.05, 3.63) is 87.2 Å². The number of amides is 1. The topological polar surface area (TPSA) is 91.6 Å². The molecule has 1 unspecified atom stereocenters. The lowest BCUT2D eigenvalue weighted by Crippen LogP contribution is -2.57. The molecule has 2 saturated heterocycles. The lowest BCUT2D eigenvalue weighted by atomic mass is 9.70. The molecule has 5 atom stereocenters. The molecule has 2 aromatic heterocycles. The van der Waals surface area contributed by atoms with Crippen LogP contribution >= 0.6 is 11.6 Å². The van der Waals surface area contributed by atoms with E-state index in [1.807, 2.05) is 29.7 Å². The molecule has 8 nitrogen and oxygen atoms in total. The Kier molecular flexibility index (Phi) is 7.00. The van der Waals surface area contributed by atoms with Crippen LogP contribution < -0.4 is 10.5 Å². The highest BCUT2D eigenvalue weighted by Crippen LogP contribution is 2.43. The van der Waals surface area contributed by atoms with Crippen molar-refractivity contribution in [3.63, 3.8) is 0 Å². The number of anilines is 1. The van der Waals surface area contributed by atoms with Gasteiger partial charge in [0.15, 0.2) is 0 Å². The van der Waals surface area contributed by atoms with Gasteiger partial charge in [-0.3, -0.25) is 14.6 Å². The molecule has 1 amide bonds. The van der Waals surface area contributed by atoms with Crippen LogP contribution in [0.5, 0.6) is 0 Å². The van der Waals surface area contributed by atoms with E-state index in [2.05, 4.69) is 10.1 Å². The summed E-state index contributed by atoms with van der Waals surface area (Å²) in [5.41, 5.74) is 0.0340. The first-order valence-electron chi connectivity index (χ1n) is 12.8. The summed E-state index contributed by atoms with van der Waals surface area (Å²) in [4.78, 5) is 34.3. The molecule has 5 rings (SSSR count). The number of aliphatic hydroxyl groups is 1. The van der Waals surface area contributed by atoms with Crippen LogP contribution in [-0.4, -0.2) is 56.9 Å². The molecule has 1 N–H and O–H groups in total. The first-order chi connectivity index (χ1) is 18.1. The summed E-state index contributed by atoms with van der Waals surface area (Å²) in [5, 5.41) is 16.6. The highest BCUT2D eigenvalue weighted by atomic mass is 35.5. The molecule has 2 fully saturated rings. The number of aryl methyl sites for hydroxylation is 1. The second kappa shape index (κ2) is 10.1. The van der Waals surface area contributed by atoms with E-state index in [0.717, 1.165) is 5.69 Å². The van der Waals surface area contributed by atoms with Gasteiger partial charge in [0.2, 0.25) is 5.91 Å². The number of carbonyl (C=O) groups is 1. The zero-order chi connectivity index (χ0) is 27.2. The molecule has 200 valence electrons. The van der Waals surface area contributed by atoms with Crippen molar-refractivity contribution in [3.8, 4) is 0 Å². The molecule has 0 spiro atoms. The van der Waals surface area contributed by atoms with Gasteiger partial charge in [-0.1, -0.05) is 37.6 Å². The summed E-state index contributed by atoms with van der Waals surface area (Å²) in [6.45, 7) is 5.51. The van der Waals surface area contributed by atoms with Crippen molar-refractivity contribution in [2.45, 2.75) is 25.4 Å². The SMILES string of the molecule is C[C@@H]1CN(C(=O)[C@@H]2CN(c3ccc(=O)n(C)n3)C[C@H]2c2ccc(Cl)cn2)C[C@H](C)C1(O)c1ccc(F)cc1. The first-order valence-corrected chi connectivity index (χ1v) is 13.1. The van der Waals surface area contributed by atoms with Crippen LogP contribution in [-0.2, 0) is 17.4 Å². The third kappa shape index (κ3) is 4.69. The standard InChI is InChI=1S/C28H31ClFN5O3/c1-17-13-35(14-18(2)28(17,38)19-4-7-21(30)8-5-19)27(37)23-16-34(25-10-11-26(36)33(3)32-25)15-22(23)24-9-6-20(29)12-31-24/h4-12,17-18,22-23,38H,13-16H2,1-3H3/t17-,18+,22-,23-,28?/m1/s1. The Labute approximate surface area is 225 Å². The van der Waals surface area contributed by atoms with Crippen molar-refractivity contribution >= 4 is 23.3 Å². The third-order valence-corrected chi connectivity index (χ3v) is 8.37. The average molecular weight is 540 g/mol. The Hall–Kier alpha value is -3.30. The zero-order valence-corrected chi connectivity index (χ0v) is 22.3. The number of nitrogens with zero attached hydrogens (tertiary/aromatic N) is 5. The molecule has 3 aromatic rings. The molecule has 10 heteroatoms. The fourth-order valence-electron chi connectivity index (χ4n) is 6.01. The molecule has 0 bridgehead atoms. The highest BCUT2D eigenvalue weighted by Gasteiger charge is 2.49. The minimum Gasteiger partial charge on any atom is -0.384 e. The number of hydrogen-bond acceptors (Lipinski definition) is 6. The molecule has 1 aromatic carbocycles. The van der Waals surface area contributed by atoms with E-state index in [1.165, 1.54) is 22.9 Å². The maximum absolute atomic E-state index is 14.1. The van der Waals surface area contributed by atoms with Crippen LogP contribution in [0.3, 0.4) is 0 Å². The predicted molar refractivity (Wildman–Crippen MR) is 142 cm³/mol. The number of carbonyl (C=O) groups excluding carboxylic acids is 1. The quantitative estimate of drug-likeness (QED) is 0.547. The smallest absolute Gasteiger partial charge is 0.266 e. The van der Waals surface area contributed by atoms with Crippen molar-refractivity contribution < 1.29 is 14.3 Å². The Morgan fingerprint density at radius 3 is 2.32 bits per heavy atom. The molecule has 2 aliphatic rings. The summed E-state index contributed by atoms with van der Waals surface area (Å²) in [6.07, 6.45) is 1.58. The van der Waals surface area contributed by atoms with Gasteiger partial charge in [-0.05, 0) is 35.9 Å². The molecule has 2 aliphatic heterocycles. The van der Waals surface area contributed by atoms with E-state index >= 15 is 0 Å². The summed E-state index contributed by atoms with van der Waals surface area (Å²) in [6, 6.07) is 12.7. The summed E-state index contributed by atoms with van der Waals surface area (Å²) < 4.78 is 14.8. The largest absolute Gasteiger partial charge is 0.384 e. The molecular formula is C28H31ClFN5O3. The minimum absolute atomic E-state index is 0.0149. The van der Waals surface area contributed by atoms with Crippen molar-refractivity contribution in [2.75, 3.05) is 31.1 Å². The van der Waals surface area contributed by atoms with Crippen molar-refractivity contribution in [2.24, 2.45) is 24.8 Å². The third-order valence-electron chi connectivity index (χ3n) is 8.15. The summed E-state index contributed by atoms with van der Waals surface area (Å²) in [5.74, 6) is -0.898. The first kappa shape index (κ1) is 26.3. The average Bonchev–Trinajstić information content (AvgIpc) is 3.34. The van der Waals surface area contributed by atoms with Crippen molar-refractivity contribution in [1.29, 1.82) is 0 Å². The van der Waals surface area contributed by atoms with Gasteiger partial charge in [0, 0.05) is 68.9 Å². The molecule has 0 aliphatic carbocycles. The highest BCUT2D eigenvalue weighted by molar-refractivity contribution is 6.30. The fourth-order valence-corrected chi connectivity index (χ4v) is 6.12. The monoisotopic (exact) mass is 539 g/mol. The second-order valence-electron chi connectivity index (χ2n) is 10.6. The van der Waals surface area contributed by atoms with Gasteiger partial charge in [-0.2, -0.15) is 5.10 Å². The van der Waals surface area contributed by atoms with E-state index < -0.39 is 11.5 Å². The van der Waals surface area contributed by atoms with Crippen molar-refractivity contribution in [1.82, 2.24) is 19.7 Å². The van der Waals surface area contributed by atoms with Crippen LogP contribution in [0, 0.1) is 23.6 Å². The van der Waals surface area contributed by atoms with Gasteiger partial charge in [-0.15, -0.1) is 0 Å². The Morgan fingerprint density at radius 1 is 1.03 bits per heavy atom. The Bertz CT molecular complexity index is 1370. The maximum Gasteiger partial charge on any atom is 0.266 e. The predicted octanol–water partition coefficient (Wildman–Crippen LogP) is 3.19. The van der Waals surface area contributed by atoms with E-state index in [0.29, 0.717) is 42.6 Å². The Morgan fingerprint density at radius 2 is 1.71 bits per heavy atom. The van der Waals surface area contributed by atoms with Gasteiger partial charge in [-0.25, -0.2) is 9.07 Å². The number of halogens is 2. The Balaban J connectivity index is 1.42. The summed E-state index contributed by atoms with van der Waals surface area (Å²) >= 11 is 6.08. The van der Waals surface area contributed by atoms with E-state index in [1.54, 1.807) is 37.5 Å². The van der Waals surface area contributed by atoms with Crippen LogP contribution in [0.4, 0.5) is 10.2 Å². The maximum atomic E-state index is 14.1. The fraction of sp³-hybridized carbons (Fsp3) is 0.429. The number of pyridine rings is 1. The zero-order valence-electron chi connectivity index (χ0n) is 21.6. The van der Waals surface area contributed by atoms with Crippen LogP contribution in [0.25, 0.3) is 0 Å². The molecular weight excluding hydrogens is 509 g/mol. The molecule has 0 radical (unpaired) electrons. The van der Waals surface area contributed by atoms with Gasteiger partial charge >= 0.3 is 0 Å². The number of aromatic nitrogens is 3. The number of benzene rings is 1. The number of hydrogen-bond donors (Lipinski definition) is 1. The molecule has 0 saturated carbocycles. The number of likely N-dealkylation sites (tertiary alicyclic amines) is 1. The van der Waals surface area contributed by atoms with E-state index in [-0.39, 0.29) is 35.0 Å². The number of rotatable bonds is 4. The van der Waals surface area contributed by atoms with Gasteiger partial charge in [0.1, 0.15) is 11.6 Å². The van der Waals surface area contributed by atoms with Crippen LogP contribution in [0.1, 0.15) is 31.0 Å². The van der Waals surface area contributed by atoms with E-state index in [9.17, 15) is 19.1 Å². The normalized spacial score (nSPS) is 27.5. The van der Waals surface area contributed by atoms with Crippen LogP contribution in [0.15, 0.2) is 59.5 Å². The minimum atomic E-state index is -1.18. The van der Waals surface area contributed by atoms with E-state index in [4.69, 9.17) is 11.6 Å². The van der Waals surface area contributed by atoms with Crippen LogP contribution in [0.2, 0.25) is 5.02 Å². The van der Waals surface area contributed by atoms with Gasteiger partial charge in [0.05, 0.1) is 16.5 Å². The molecule has 4 heterocycles. The van der Waals surface area contributed by atoms with Gasteiger partial charge < -0.3 is 14.9 Å².